The topological polar surface area (TPSA) is 49.6 Å². The Hall–Kier alpha value is -0.0300. The summed E-state index contributed by atoms with van der Waals surface area (Å²) in [6.07, 6.45) is 1.38. The van der Waals surface area contributed by atoms with Crippen LogP contribution >= 0.6 is 24.8 Å². The van der Waals surface area contributed by atoms with Crippen LogP contribution in [0, 0.1) is 5.92 Å². The molecule has 0 saturated heterocycles. The zero-order valence-electron chi connectivity index (χ0n) is 13.4. The van der Waals surface area contributed by atoms with Crippen LogP contribution in [-0.2, 0) is 4.79 Å². The highest BCUT2D eigenvalue weighted by atomic mass is 35.5. The number of carbonyl (C=O) groups is 1. The number of nitrogens with two attached hydrogens (primary N) is 1. The molecular formula is C14H33Cl2N3O. The van der Waals surface area contributed by atoms with Gasteiger partial charge in [0.2, 0.25) is 5.91 Å². The predicted octanol–water partition coefficient (Wildman–Crippen LogP) is 2.40. The van der Waals surface area contributed by atoms with E-state index in [0.717, 1.165) is 39.1 Å². The van der Waals surface area contributed by atoms with Gasteiger partial charge in [-0.05, 0) is 32.0 Å². The van der Waals surface area contributed by atoms with Crippen molar-refractivity contribution in [1.29, 1.82) is 0 Å². The molecule has 0 rings (SSSR count). The second-order valence-corrected chi connectivity index (χ2v) is 5.15. The highest BCUT2D eigenvalue weighted by molar-refractivity contribution is 5.85. The summed E-state index contributed by atoms with van der Waals surface area (Å²) in [6, 6.07) is 0. The van der Waals surface area contributed by atoms with Gasteiger partial charge in [0.1, 0.15) is 0 Å². The Morgan fingerprint density at radius 2 is 1.65 bits per heavy atom. The van der Waals surface area contributed by atoms with E-state index in [1.807, 2.05) is 4.90 Å². The second-order valence-electron chi connectivity index (χ2n) is 5.15. The molecule has 0 aromatic heterocycles. The van der Waals surface area contributed by atoms with Crippen LogP contribution in [0.1, 0.15) is 40.5 Å². The average Bonchev–Trinajstić information content (AvgIpc) is 2.35. The lowest BCUT2D eigenvalue weighted by Gasteiger charge is -2.28. The number of amides is 1. The fourth-order valence-corrected chi connectivity index (χ4v) is 1.97. The number of hydrogen-bond acceptors (Lipinski definition) is 3. The van der Waals surface area contributed by atoms with Crippen molar-refractivity contribution < 1.29 is 4.79 Å². The predicted molar refractivity (Wildman–Crippen MR) is 92.0 cm³/mol. The third-order valence-corrected chi connectivity index (χ3v) is 3.11. The lowest BCUT2D eigenvalue weighted by molar-refractivity contribution is -0.132. The van der Waals surface area contributed by atoms with Gasteiger partial charge in [0.15, 0.2) is 0 Å². The van der Waals surface area contributed by atoms with Crippen LogP contribution in [0.25, 0.3) is 0 Å². The fourth-order valence-electron chi connectivity index (χ4n) is 1.97. The average molecular weight is 330 g/mol. The van der Waals surface area contributed by atoms with Crippen molar-refractivity contribution in [3.05, 3.63) is 0 Å². The molecule has 0 aromatic rings. The Labute approximate surface area is 137 Å². The lowest BCUT2D eigenvalue weighted by Crippen LogP contribution is -2.40. The van der Waals surface area contributed by atoms with Gasteiger partial charge in [-0.25, -0.2) is 0 Å². The van der Waals surface area contributed by atoms with Crippen molar-refractivity contribution >= 4 is 30.7 Å². The molecule has 0 heterocycles. The normalized spacial score (nSPS) is 10.2. The summed E-state index contributed by atoms with van der Waals surface area (Å²) < 4.78 is 0. The third kappa shape index (κ3) is 11.8. The molecule has 1 amide bonds. The zero-order valence-corrected chi connectivity index (χ0v) is 15.1. The van der Waals surface area contributed by atoms with Gasteiger partial charge >= 0.3 is 0 Å². The molecule has 124 valence electrons. The molecule has 0 radical (unpaired) electrons. The van der Waals surface area contributed by atoms with Gasteiger partial charge in [0.05, 0.1) is 0 Å². The molecule has 2 N–H and O–H groups in total. The first-order chi connectivity index (χ1) is 8.54. The van der Waals surface area contributed by atoms with Gasteiger partial charge in [0.25, 0.3) is 0 Å². The second kappa shape index (κ2) is 15.4. The Morgan fingerprint density at radius 1 is 1.10 bits per heavy atom. The minimum atomic E-state index is 0. The van der Waals surface area contributed by atoms with E-state index < -0.39 is 0 Å². The Morgan fingerprint density at radius 3 is 2.05 bits per heavy atom. The van der Waals surface area contributed by atoms with Gasteiger partial charge in [-0.15, -0.1) is 24.8 Å². The van der Waals surface area contributed by atoms with Crippen LogP contribution in [0.3, 0.4) is 0 Å². The summed E-state index contributed by atoms with van der Waals surface area (Å²) in [5, 5.41) is 0. The maximum Gasteiger partial charge on any atom is 0.222 e. The molecule has 0 spiro atoms. The van der Waals surface area contributed by atoms with E-state index in [9.17, 15) is 4.79 Å². The monoisotopic (exact) mass is 329 g/mol. The molecular weight excluding hydrogens is 297 g/mol. The fraction of sp³-hybridized carbons (Fsp3) is 0.929. The van der Waals surface area contributed by atoms with Gasteiger partial charge in [0, 0.05) is 26.1 Å². The van der Waals surface area contributed by atoms with E-state index >= 15 is 0 Å². The molecule has 0 saturated carbocycles. The van der Waals surface area contributed by atoms with Crippen molar-refractivity contribution in [1.82, 2.24) is 9.80 Å². The minimum absolute atomic E-state index is 0. The van der Waals surface area contributed by atoms with Gasteiger partial charge in [-0.2, -0.15) is 0 Å². The number of rotatable bonds is 10. The lowest BCUT2D eigenvalue weighted by atomic mass is 10.2. The molecule has 20 heavy (non-hydrogen) atoms. The summed E-state index contributed by atoms with van der Waals surface area (Å²) in [5.41, 5.74) is 5.46. The van der Waals surface area contributed by atoms with Crippen LogP contribution in [0.15, 0.2) is 0 Å². The van der Waals surface area contributed by atoms with E-state index in [4.69, 9.17) is 5.73 Å². The van der Waals surface area contributed by atoms with Crippen LogP contribution in [0.2, 0.25) is 0 Å². The molecule has 0 aliphatic rings. The largest absolute Gasteiger partial charge is 0.341 e. The Balaban J connectivity index is -0.00000144. The van der Waals surface area contributed by atoms with E-state index in [1.165, 1.54) is 0 Å². The van der Waals surface area contributed by atoms with Crippen molar-refractivity contribution in [2.24, 2.45) is 11.7 Å². The zero-order chi connectivity index (χ0) is 14.0. The summed E-state index contributed by atoms with van der Waals surface area (Å²) >= 11 is 0. The van der Waals surface area contributed by atoms with Crippen molar-refractivity contribution in [3.63, 3.8) is 0 Å². The standard InChI is InChI=1S/C14H31N3O.2ClH/c1-5-16(6-2)10-11-17(12-13(3)4)14(18)8-7-9-15;;/h13H,5-12,15H2,1-4H3;2*1H. The molecule has 0 bridgehead atoms. The number of halogens is 2. The first-order valence-electron chi connectivity index (χ1n) is 7.25. The molecule has 0 aliphatic heterocycles. The Bertz CT molecular complexity index is 224. The van der Waals surface area contributed by atoms with E-state index in [0.29, 0.717) is 18.9 Å². The maximum absolute atomic E-state index is 12.1. The number of likely N-dealkylation sites (N-methyl/N-ethyl adjacent to an activating group) is 1. The van der Waals surface area contributed by atoms with Crippen LogP contribution in [-0.4, -0.2) is 55.0 Å². The third-order valence-electron chi connectivity index (χ3n) is 3.11. The highest BCUT2D eigenvalue weighted by Crippen LogP contribution is 2.04. The molecule has 4 nitrogen and oxygen atoms in total. The SMILES string of the molecule is CCN(CC)CCN(CC(C)C)C(=O)CCCN.Cl.Cl. The Kier molecular flexibility index (Phi) is 19.2. The molecule has 0 aromatic carbocycles. The van der Waals surface area contributed by atoms with E-state index in [2.05, 4.69) is 32.6 Å². The summed E-state index contributed by atoms with van der Waals surface area (Å²) in [4.78, 5) is 16.4. The van der Waals surface area contributed by atoms with Crippen molar-refractivity contribution in [2.45, 2.75) is 40.5 Å². The van der Waals surface area contributed by atoms with Crippen LogP contribution < -0.4 is 5.73 Å². The first-order valence-corrected chi connectivity index (χ1v) is 7.25. The van der Waals surface area contributed by atoms with Crippen molar-refractivity contribution in [2.75, 3.05) is 39.3 Å². The number of nitrogens with zero attached hydrogens (tertiary/aromatic N) is 2. The smallest absolute Gasteiger partial charge is 0.222 e. The number of carbonyl (C=O) groups excluding carboxylic acids is 1. The molecule has 0 atom stereocenters. The quantitative estimate of drug-likeness (QED) is 0.669. The van der Waals surface area contributed by atoms with E-state index in [1.54, 1.807) is 0 Å². The summed E-state index contributed by atoms with van der Waals surface area (Å²) in [5.74, 6) is 0.768. The summed E-state index contributed by atoms with van der Waals surface area (Å²) in [7, 11) is 0. The first kappa shape index (κ1) is 25.0. The van der Waals surface area contributed by atoms with E-state index in [-0.39, 0.29) is 30.7 Å². The highest BCUT2D eigenvalue weighted by Gasteiger charge is 2.15. The molecule has 0 aliphatic carbocycles. The van der Waals surface area contributed by atoms with Crippen LogP contribution in [0.5, 0.6) is 0 Å². The van der Waals surface area contributed by atoms with Crippen molar-refractivity contribution in [3.8, 4) is 0 Å². The molecule has 0 unspecified atom stereocenters. The summed E-state index contributed by atoms with van der Waals surface area (Å²) in [6.45, 7) is 14.0. The minimum Gasteiger partial charge on any atom is -0.341 e. The maximum atomic E-state index is 12.1. The van der Waals surface area contributed by atoms with Gasteiger partial charge in [-0.1, -0.05) is 27.7 Å². The van der Waals surface area contributed by atoms with Gasteiger partial charge in [-0.3, -0.25) is 4.79 Å². The number of hydrogen-bond donors (Lipinski definition) is 1. The molecule has 0 fully saturated rings. The van der Waals surface area contributed by atoms with Gasteiger partial charge < -0.3 is 15.5 Å². The van der Waals surface area contributed by atoms with Crippen LogP contribution in [0.4, 0.5) is 0 Å². The molecule has 6 heteroatoms.